The molecule has 17 heavy (non-hydrogen) atoms. The molecule has 0 spiro atoms. The third kappa shape index (κ3) is 2.11. The maximum absolute atomic E-state index is 11.2. The van der Waals surface area contributed by atoms with Crippen molar-refractivity contribution in [1.82, 2.24) is 10.2 Å². The van der Waals surface area contributed by atoms with Crippen LogP contribution in [0, 0.1) is 0 Å². The summed E-state index contributed by atoms with van der Waals surface area (Å²) < 4.78 is 5.39. The number of amides is 1. The van der Waals surface area contributed by atoms with Gasteiger partial charge in [-0.1, -0.05) is 30.3 Å². The molecule has 0 aromatic heterocycles. The van der Waals surface area contributed by atoms with E-state index in [1.807, 2.05) is 24.4 Å². The molecule has 2 heterocycles. The van der Waals surface area contributed by atoms with E-state index in [-0.39, 0.29) is 18.6 Å². The smallest absolute Gasteiger partial charge is 0.258 e. The first-order chi connectivity index (χ1) is 8.31. The van der Waals surface area contributed by atoms with Gasteiger partial charge in [-0.15, -0.1) is 0 Å². The van der Waals surface area contributed by atoms with Crippen LogP contribution in [0.5, 0.6) is 0 Å². The van der Waals surface area contributed by atoms with Crippen molar-refractivity contribution in [3.8, 4) is 0 Å². The van der Waals surface area contributed by atoms with Crippen molar-refractivity contribution in [3.63, 3.8) is 0 Å². The van der Waals surface area contributed by atoms with E-state index >= 15 is 0 Å². The van der Waals surface area contributed by atoms with Gasteiger partial charge < -0.3 is 15.0 Å². The molecule has 88 valence electrons. The van der Waals surface area contributed by atoms with Crippen molar-refractivity contribution in [3.05, 3.63) is 47.9 Å². The van der Waals surface area contributed by atoms with E-state index in [4.69, 9.17) is 4.74 Å². The van der Waals surface area contributed by atoms with Crippen molar-refractivity contribution >= 4 is 5.91 Å². The number of nitrogens with one attached hydrogen (secondary N) is 1. The molecule has 0 aliphatic carbocycles. The van der Waals surface area contributed by atoms with Crippen LogP contribution >= 0.6 is 0 Å². The first kappa shape index (κ1) is 10.2. The van der Waals surface area contributed by atoms with Gasteiger partial charge in [-0.2, -0.15) is 0 Å². The molecule has 0 saturated carbocycles. The van der Waals surface area contributed by atoms with E-state index in [1.54, 1.807) is 0 Å². The molecule has 1 amide bonds. The Hall–Kier alpha value is -1.97. The second-order valence-corrected chi connectivity index (χ2v) is 4.36. The zero-order chi connectivity index (χ0) is 11.7. The molecule has 0 bridgehead atoms. The van der Waals surface area contributed by atoms with Gasteiger partial charge in [-0.05, 0) is 5.56 Å². The van der Waals surface area contributed by atoms with Crippen LogP contribution in [0.4, 0.5) is 0 Å². The molecule has 1 saturated heterocycles. The number of hydrogen-bond acceptors (Lipinski definition) is 3. The van der Waals surface area contributed by atoms with Crippen LogP contribution in [-0.2, 0) is 16.1 Å². The summed E-state index contributed by atoms with van der Waals surface area (Å²) in [5.74, 6) is 0.842. The molecular weight excluding hydrogens is 216 g/mol. The lowest BCUT2D eigenvalue weighted by atomic mass is 10.2. The SMILES string of the molecule is O=C1COC2=CN(Cc3ccccc3)C[C@@H]2N1. The van der Waals surface area contributed by atoms with Crippen LogP contribution in [-0.4, -0.2) is 30.0 Å². The number of ether oxygens (including phenoxy) is 1. The Morgan fingerprint density at radius 3 is 3.00 bits per heavy atom. The van der Waals surface area contributed by atoms with E-state index in [0.29, 0.717) is 0 Å². The molecule has 2 aliphatic heterocycles. The number of carbonyl (C=O) groups excluding carboxylic acids is 1. The van der Waals surface area contributed by atoms with Crippen molar-refractivity contribution in [1.29, 1.82) is 0 Å². The van der Waals surface area contributed by atoms with Crippen molar-refractivity contribution in [2.45, 2.75) is 12.6 Å². The molecule has 3 rings (SSSR count). The van der Waals surface area contributed by atoms with Crippen LogP contribution in [0.3, 0.4) is 0 Å². The summed E-state index contributed by atoms with van der Waals surface area (Å²) in [5, 5.41) is 2.92. The van der Waals surface area contributed by atoms with E-state index in [2.05, 4.69) is 22.3 Å². The van der Waals surface area contributed by atoms with Gasteiger partial charge in [-0.3, -0.25) is 4.79 Å². The Labute approximate surface area is 99.9 Å². The quantitative estimate of drug-likeness (QED) is 0.819. The van der Waals surface area contributed by atoms with Gasteiger partial charge in [-0.25, -0.2) is 0 Å². The van der Waals surface area contributed by atoms with E-state index < -0.39 is 0 Å². The Balaban J connectivity index is 1.68. The Morgan fingerprint density at radius 2 is 2.18 bits per heavy atom. The van der Waals surface area contributed by atoms with Crippen LogP contribution in [0.1, 0.15) is 5.56 Å². The summed E-state index contributed by atoms with van der Waals surface area (Å²) in [6, 6.07) is 10.3. The number of hydrogen-bond donors (Lipinski definition) is 1. The van der Waals surface area contributed by atoms with Crippen molar-refractivity contribution in [2.24, 2.45) is 0 Å². The lowest BCUT2D eigenvalue weighted by Gasteiger charge is -2.22. The summed E-state index contributed by atoms with van der Waals surface area (Å²) >= 11 is 0. The third-order valence-corrected chi connectivity index (χ3v) is 3.00. The number of benzene rings is 1. The van der Waals surface area contributed by atoms with Gasteiger partial charge in [0.2, 0.25) is 0 Å². The zero-order valence-electron chi connectivity index (χ0n) is 9.43. The van der Waals surface area contributed by atoms with Crippen molar-refractivity contribution in [2.75, 3.05) is 13.2 Å². The van der Waals surface area contributed by atoms with Crippen LogP contribution in [0.2, 0.25) is 0 Å². The minimum atomic E-state index is -0.0336. The minimum absolute atomic E-state index is 0.0277. The number of carbonyl (C=O) groups is 1. The molecule has 1 atom stereocenters. The molecule has 0 radical (unpaired) electrons. The van der Waals surface area contributed by atoms with E-state index in [1.165, 1.54) is 5.56 Å². The van der Waals surface area contributed by atoms with E-state index in [9.17, 15) is 4.79 Å². The summed E-state index contributed by atoms with van der Waals surface area (Å²) in [6.45, 7) is 1.78. The lowest BCUT2D eigenvalue weighted by molar-refractivity contribution is -0.127. The standard InChI is InChI=1S/C13H14N2O2/c16-13-9-17-12-8-15(7-11(12)14-13)6-10-4-2-1-3-5-10/h1-5,8,11H,6-7,9H2,(H,14,16)/t11-/m0/s1. The number of fused-ring (bicyclic) bond motifs is 1. The normalized spacial score (nSPS) is 22.6. The summed E-state index contributed by atoms with van der Waals surface area (Å²) in [6.07, 6.45) is 2.00. The highest BCUT2D eigenvalue weighted by Crippen LogP contribution is 2.20. The summed E-state index contributed by atoms with van der Waals surface area (Å²) in [4.78, 5) is 13.4. The Bertz CT molecular complexity index is 456. The summed E-state index contributed by atoms with van der Waals surface area (Å²) in [5.41, 5.74) is 1.26. The van der Waals surface area contributed by atoms with Crippen molar-refractivity contribution < 1.29 is 9.53 Å². The molecule has 1 fully saturated rings. The molecule has 1 N–H and O–H groups in total. The first-order valence-corrected chi connectivity index (χ1v) is 5.73. The average molecular weight is 230 g/mol. The largest absolute Gasteiger partial charge is 0.484 e. The van der Waals surface area contributed by atoms with Crippen LogP contribution in [0.15, 0.2) is 42.3 Å². The predicted molar refractivity (Wildman–Crippen MR) is 62.8 cm³/mol. The molecule has 2 aliphatic rings. The lowest BCUT2D eigenvalue weighted by Crippen LogP contribution is -2.45. The predicted octanol–water partition coefficient (Wildman–Crippen LogP) is 0.859. The average Bonchev–Trinajstić information content (AvgIpc) is 2.71. The number of nitrogens with zero attached hydrogens (tertiary/aromatic N) is 1. The Morgan fingerprint density at radius 1 is 1.35 bits per heavy atom. The fraction of sp³-hybridized carbons (Fsp3) is 0.308. The van der Waals surface area contributed by atoms with E-state index in [0.717, 1.165) is 18.8 Å². The van der Waals surface area contributed by atoms with Gasteiger partial charge in [0.1, 0.15) is 11.8 Å². The summed E-state index contributed by atoms with van der Waals surface area (Å²) in [7, 11) is 0. The van der Waals surface area contributed by atoms with Crippen LogP contribution < -0.4 is 5.32 Å². The maximum Gasteiger partial charge on any atom is 0.258 e. The second kappa shape index (κ2) is 4.13. The number of morpholine rings is 1. The fourth-order valence-electron chi connectivity index (χ4n) is 2.21. The highest BCUT2D eigenvalue weighted by molar-refractivity contribution is 5.79. The Kier molecular flexibility index (Phi) is 2.48. The van der Waals surface area contributed by atoms with Gasteiger partial charge in [0, 0.05) is 19.3 Å². The second-order valence-electron chi connectivity index (χ2n) is 4.36. The molecule has 1 aromatic rings. The monoisotopic (exact) mass is 230 g/mol. The van der Waals surface area contributed by atoms with Gasteiger partial charge >= 0.3 is 0 Å². The first-order valence-electron chi connectivity index (χ1n) is 5.73. The zero-order valence-corrected chi connectivity index (χ0v) is 9.43. The molecule has 1 aromatic carbocycles. The molecule has 4 heteroatoms. The highest BCUT2D eigenvalue weighted by atomic mass is 16.5. The maximum atomic E-state index is 11.2. The third-order valence-electron chi connectivity index (χ3n) is 3.00. The molecule has 4 nitrogen and oxygen atoms in total. The minimum Gasteiger partial charge on any atom is -0.484 e. The van der Waals surface area contributed by atoms with Crippen LogP contribution in [0.25, 0.3) is 0 Å². The van der Waals surface area contributed by atoms with Gasteiger partial charge in [0.15, 0.2) is 6.61 Å². The molecule has 0 unspecified atom stereocenters. The number of rotatable bonds is 2. The topological polar surface area (TPSA) is 41.6 Å². The van der Waals surface area contributed by atoms with Gasteiger partial charge in [0.25, 0.3) is 5.91 Å². The fourth-order valence-corrected chi connectivity index (χ4v) is 2.21. The highest BCUT2D eigenvalue weighted by Gasteiger charge is 2.31. The molecular formula is C13H14N2O2. The van der Waals surface area contributed by atoms with Gasteiger partial charge in [0.05, 0.1) is 0 Å².